The predicted octanol–water partition coefficient (Wildman–Crippen LogP) is -3.42. The molecule has 4 heteroatoms. The Bertz CT molecular complexity index is 438. The number of hydrogen-bond acceptors (Lipinski definition) is 2. The van der Waals surface area contributed by atoms with Crippen molar-refractivity contribution in [2.45, 2.75) is 13.8 Å². The van der Waals surface area contributed by atoms with Gasteiger partial charge in [0, 0.05) is 0 Å². The molecule has 16 heavy (non-hydrogen) atoms. The largest absolute Gasteiger partial charge is 1.00 e. The van der Waals surface area contributed by atoms with Crippen molar-refractivity contribution in [1.82, 2.24) is 0 Å². The van der Waals surface area contributed by atoms with E-state index in [-0.39, 0.29) is 24.8 Å². The van der Waals surface area contributed by atoms with E-state index in [0.717, 1.165) is 16.7 Å². The van der Waals surface area contributed by atoms with Crippen LogP contribution in [0.3, 0.4) is 0 Å². The van der Waals surface area contributed by atoms with Gasteiger partial charge >= 0.3 is 0 Å². The smallest absolute Gasteiger partial charge is 0.161 e. The number of allylic oxidation sites excluding steroid dienone is 6. The molecule has 2 aliphatic rings. The van der Waals surface area contributed by atoms with Gasteiger partial charge in [0.05, 0.1) is 6.08 Å². The third kappa shape index (κ3) is 2.85. The summed E-state index contributed by atoms with van der Waals surface area (Å²) in [4.78, 5) is 7.90. The van der Waals surface area contributed by atoms with Crippen LogP contribution in [-0.4, -0.2) is 12.4 Å². The summed E-state index contributed by atoms with van der Waals surface area (Å²) in [5.41, 5.74) is 4.51. The topological polar surface area (TPSA) is 24.7 Å². The first-order valence-corrected chi connectivity index (χ1v) is 4.45. The van der Waals surface area contributed by atoms with E-state index in [1.165, 1.54) is 5.57 Å². The minimum absolute atomic E-state index is 0. The fraction of sp³-hybridized carbons (Fsp3) is 0.167. The number of rotatable bonds is 1. The van der Waals surface area contributed by atoms with Crippen molar-refractivity contribution < 1.29 is 24.8 Å². The highest BCUT2D eigenvalue weighted by molar-refractivity contribution is 5.87. The van der Waals surface area contributed by atoms with Gasteiger partial charge in [0.15, 0.2) is 29.1 Å². The first-order valence-electron chi connectivity index (χ1n) is 4.45. The van der Waals surface area contributed by atoms with E-state index in [0.29, 0.717) is 0 Å². The molecule has 2 heterocycles. The van der Waals surface area contributed by atoms with Crippen molar-refractivity contribution in [3.05, 3.63) is 46.8 Å². The van der Waals surface area contributed by atoms with Crippen LogP contribution < -0.4 is 24.8 Å². The normalized spacial score (nSPS) is 16.4. The molecule has 0 aromatic carbocycles. The lowest BCUT2D eigenvalue weighted by Gasteiger charge is -2.00. The second-order valence-corrected chi connectivity index (χ2v) is 3.23. The molecule has 2 rings (SSSR count). The van der Waals surface area contributed by atoms with Gasteiger partial charge in [-0.2, -0.15) is 0 Å². The van der Waals surface area contributed by atoms with Gasteiger partial charge in [0.1, 0.15) is 24.0 Å². The quantitative estimate of drug-likeness (QED) is 0.435. The highest BCUT2D eigenvalue weighted by Gasteiger charge is 2.25. The Kier molecular flexibility index (Phi) is 5.81. The van der Waals surface area contributed by atoms with E-state index in [4.69, 9.17) is 0 Å². The van der Waals surface area contributed by atoms with Gasteiger partial charge in [-0.15, -0.1) is 0 Å². The summed E-state index contributed by atoms with van der Waals surface area (Å²) in [5.74, 6) is 0. The van der Waals surface area contributed by atoms with Gasteiger partial charge in [0.25, 0.3) is 0 Å². The molecule has 0 aliphatic carbocycles. The zero-order valence-electron chi connectivity index (χ0n) is 8.96. The summed E-state index contributed by atoms with van der Waals surface area (Å²) in [6.07, 6.45) is 13.2. The molecular weight excluding hydrogens is 243 g/mol. The van der Waals surface area contributed by atoms with Gasteiger partial charge in [-0.1, -0.05) is 9.98 Å². The Balaban J connectivity index is 0.00000112. The van der Waals surface area contributed by atoms with Crippen LogP contribution >= 0.6 is 0 Å². The van der Waals surface area contributed by atoms with Crippen molar-refractivity contribution in [1.29, 1.82) is 0 Å². The molecule has 82 valence electrons. The number of halogens is 2. The first-order chi connectivity index (χ1) is 6.79. The minimum atomic E-state index is 0. The Morgan fingerprint density at radius 3 is 2.44 bits per heavy atom. The van der Waals surface area contributed by atoms with Crippen molar-refractivity contribution in [2.24, 2.45) is 9.98 Å². The van der Waals surface area contributed by atoms with E-state index in [1.54, 1.807) is 6.20 Å². The molecule has 0 spiro atoms. The van der Waals surface area contributed by atoms with Gasteiger partial charge in [-0.3, -0.25) is 0 Å². The highest BCUT2D eigenvalue weighted by Crippen LogP contribution is 2.26. The third-order valence-electron chi connectivity index (χ3n) is 2.17. The summed E-state index contributed by atoms with van der Waals surface area (Å²) in [6.45, 7) is 4.05. The van der Waals surface area contributed by atoms with Crippen molar-refractivity contribution in [2.75, 3.05) is 0 Å². The molecule has 0 aromatic heterocycles. The van der Waals surface area contributed by atoms with Crippen LogP contribution in [0.4, 0.5) is 0 Å². The Morgan fingerprint density at radius 2 is 1.88 bits per heavy atom. The zero-order chi connectivity index (χ0) is 9.97. The van der Waals surface area contributed by atoms with Crippen molar-refractivity contribution in [3.8, 4) is 0 Å². The predicted molar refractivity (Wildman–Crippen MR) is 58.6 cm³/mol. The van der Waals surface area contributed by atoms with E-state index < -0.39 is 0 Å². The lowest BCUT2D eigenvalue weighted by atomic mass is 9.93. The number of nitrogens with zero attached hydrogens (tertiary/aromatic N) is 2. The monoisotopic (exact) mass is 252 g/mol. The SMILES string of the molecule is CC1=CN=[C+]C(C)=C1C1=C[C+]=NC=C1.[Cl-].[Cl-]. The Labute approximate surface area is 108 Å². The molecule has 0 unspecified atom stereocenters. The molecule has 0 atom stereocenters. The van der Waals surface area contributed by atoms with E-state index in [1.807, 2.05) is 32.2 Å². The fourth-order valence-corrected chi connectivity index (χ4v) is 1.56. The lowest BCUT2D eigenvalue weighted by molar-refractivity contribution is -0.00100. The van der Waals surface area contributed by atoms with E-state index in [9.17, 15) is 0 Å². The molecule has 0 amide bonds. The third-order valence-corrected chi connectivity index (χ3v) is 2.17. The molecular formula is C12H10Cl2N2. The summed E-state index contributed by atoms with van der Waals surface area (Å²) < 4.78 is 0. The molecule has 0 saturated carbocycles. The fourth-order valence-electron chi connectivity index (χ4n) is 1.56. The summed E-state index contributed by atoms with van der Waals surface area (Å²) in [5, 5.41) is 0. The Morgan fingerprint density at radius 1 is 1.12 bits per heavy atom. The van der Waals surface area contributed by atoms with Crippen LogP contribution in [0.1, 0.15) is 13.8 Å². The second-order valence-electron chi connectivity index (χ2n) is 3.23. The lowest BCUT2D eigenvalue weighted by Crippen LogP contribution is -3.00. The van der Waals surface area contributed by atoms with Gasteiger partial charge < -0.3 is 24.8 Å². The van der Waals surface area contributed by atoms with Crippen LogP contribution in [0.15, 0.2) is 56.8 Å². The summed E-state index contributed by atoms with van der Waals surface area (Å²) in [6, 6.07) is 0. The second kappa shape index (κ2) is 6.32. The first kappa shape index (κ1) is 14.7. The maximum absolute atomic E-state index is 4.02. The summed E-state index contributed by atoms with van der Waals surface area (Å²) >= 11 is 0. The molecule has 2 aliphatic heterocycles. The van der Waals surface area contributed by atoms with Gasteiger partial charge in [0.2, 0.25) is 0 Å². The average Bonchev–Trinajstić information content (AvgIpc) is 2.19. The molecule has 0 bridgehead atoms. The molecule has 0 radical (unpaired) electrons. The van der Waals surface area contributed by atoms with Crippen LogP contribution in [0.2, 0.25) is 0 Å². The van der Waals surface area contributed by atoms with Gasteiger partial charge in [-0.05, 0) is 13.8 Å². The van der Waals surface area contributed by atoms with E-state index >= 15 is 0 Å². The van der Waals surface area contributed by atoms with Crippen LogP contribution in [0.25, 0.3) is 0 Å². The average molecular weight is 253 g/mol. The number of aliphatic imine (C=N–C) groups is 2. The van der Waals surface area contributed by atoms with Crippen LogP contribution in [0.5, 0.6) is 0 Å². The maximum atomic E-state index is 4.02. The van der Waals surface area contributed by atoms with Crippen molar-refractivity contribution >= 4 is 12.4 Å². The number of hydrogen-bond donors (Lipinski definition) is 0. The minimum Gasteiger partial charge on any atom is -1.00 e. The van der Waals surface area contributed by atoms with E-state index in [2.05, 4.69) is 22.4 Å². The standard InChI is InChI=1S/C12H10N2.2ClH/c1-9-7-14-8-10(2)12(9)11-3-5-13-6-4-11;;/h3-5,7H,1-2H3;2*1H/q+2;;/p-2. The van der Waals surface area contributed by atoms with Crippen LogP contribution in [-0.2, 0) is 0 Å². The highest BCUT2D eigenvalue weighted by atomic mass is 35.5. The molecule has 2 nitrogen and oxygen atoms in total. The zero-order valence-corrected chi connectivity index (χ0v) is 10.5. The summed E-state index contributed by atoms with van der Waals surface area (Å²) in [7, 11) is 0. The maximum Gasteiger partial charge on any atom is 0.161 e. The molecule has 0 fully saturated rings. The van der Waals surface area contributed by atoms with Gasteiger partial charge in [-0.25, -0.2) is 0 Å². The Hall–Kier alpha value is -1.30. The molecule has 0 N–H and O–H groups in total. The molecule has 0 aromatic rings. The van der Waals surface area contributed by atoms with Crippen LogP contribution in [0, 0.1) is 0 Å². The molecule has 0 saturated heterocycles. The van der Waals surface area contributed by atoms with Crippen molar-refractivity contribution in [3.63, 3.8) is 0 Å².